The Kier molecular flexibility index (Phi) is 3.34. The molecular weight excluding hydrogens is 286 g/mol. The van der Waals surface area contributed by atoms with E-state index in [2.05, 4.69) is 4.98 Å². The highest BCUT2D eigenvalue weighted by Crippen LogP contribution is 2.30. The second-order valence-electron chi connectivity index (χ2n) is 4.51. The number of fused-ring (bicyclic) bond motifs is 1. The second kappa shape index (κ2) is 5.05. The third-order valence-electron chi connectivity index (χ3n) is 3.06. The Labute approximate surface area is 118 Å². The van der Waals surface area contributed by atoms with Crippen LogP contribution in [0, 0.1) is 0 Å². The average Bonchev–Trinajstić information content (AvgIpc) is 2.80. The molecule has 0 saturated heterocycles. The molecule has 1 aliphatic rings. The maximum atomic E-state index is 12.4. The van der Waals surface area contributed by atoms with E-state index in [0.717, 1.165) is 23.9 Å². The van der Waals surface area contributed by atoms with Gasteiger partial charge in [-0.25, -0.2) is 4.98 Å². The van der Waals surface area contributed by atoms with Crippen LogP contribution in [0.3, 0.4) is 0 Å². The summed E-state index contributed by atoms with van der Waals surface area (Å²) in [5, 5.41) is 9.49. The molecule has 2 heterocycles. The van der Waals surface area contributed by atoms with Crippen LogP contribution in [-0.2, 0) is 17.4 Å². The Morgan fingerprint density at radius 1 is 1.24 bits per heavy atom. The molecule has 0 aliphatic carbocycles. The maximum Gasteiger partial charge on any atom is 0.491 e. The average molecular weight is 295 g/mol. The van der Waals surface area contributed by atoms with E-state index in [0.29, 0.717) is 11.2 Å². The summed E-state index contributed by atoms with van der Waals surface area (Å²) in [5.41, 5.74) is 0.593. The molecule has 0 radical (unpaired) electrons. The summed E-state index contributed by atoms with van der Waals surface area (Å²) in [6.07, 6.45) is -3.71. The summed E-state index contributed by atoms with van der Waals surface area (Å²) in [6, 6.07) is 6.96. The molecule has 1 N–H and O–H groups in total. The summed E-state index contributed by atoms with van der Waals surface area (Å²) in [5.74, 6) is 0.473. The van der Waals surface area contributed by atoms with Crippen molar-refractivity contribution in [1.82, 2.24) is 4.98 Å². The molecule has 2 aromatic rings. The van der Waals surface area contributed by atoms with E-state index in [-0.39, 0.29) is 12.5 Å². The van der Waals surface area contributed by atoms with Gasteiger partial charge in [-0.2, -0.15) is 13.2 Å². The fourth-order valence-electron chi connectivity index (χ4n) is 2.00. The van der Waals surface area contributed by atoms with Crippen LogP contribution in [0.4, 0.5) is 13.2 Å². The normalized spacial score (nSPS) is 14.2. The highest BCUT2D eigenvalue weighted by Gasteiger charge is 2.31. The molecule has 1 aromatic heterocycles. The quantitative estimate of drug-likeness (QED) is 0.862. The first-order valence-electron chi connectivity index (χ1n) is 6.07. The van der Waals surface area contributed by atoms with Crippen LogP contribution in [0.5, 0.6) is 11.6 Å². The van der Waals surface area contributed by atoms with Crippen LogP contribution in [0.15, 0.2) is 36.5 Å². The summed E-state index contributed by atoms with van der Waals surface area (Å²) < 4.78 is 47.7. The summed E-state index contributed by atoms with van der Waals surface area (Å²) in [4.78, 5) is 3.63. The largest absolute Gasteiger partial charge is 0.491 e. The molecule has 0 saturated carbocycles. The van der Waals surface area contributed by atoms with Crippen molar-refractivity contribution in [2.24, 2.45) is 0 Å². The number of alkyl halides is 3. The van der Waals surface area contributed by atoms with E-state index in [1.807, 2.05) is 0 Å². The molecule has 1 aromatic carbocycles. The van der Waals surface area contributed by atoms with Crippen molar-refractivity contribution in [1.29, 1.82) is 0 Å². The van der Waals surface area contributed by atoms with E-state index >= 15 is 0 Å². The van der Waals surface area contributed by atoms with Crippen LogP contribution in [0.2, 0.25) is 0 Å². The molecule has 0 amide bonds. The van der Waals surface area contributed by atoms with Crippen molar-refractivity contribution < 1.29 is 27.6 Å². The van der Waals surface area contributed by atoms with Crippen LogP contribution in [0.1, 0.15) is 11.1 Å². The third kappa shape index (κ3) is 2.86. The van der Waals surface area contributed by atoms with Crippen molar-refractivity contribution in [2.75, 3.05) is 0 Å². The van der Waals surface area contributed by atoms with Gasteiger partial charge in [0.05, 0.1) is 12.2 Å². The highest BCUT2D eigenvalue weighted by molar-refractivity contribution is 6.61. The van der Waals surface area contributed by atoms with Gasteiger partial charge in [0.15, 0.2) is 0 Å². The number of ether oxygens (including phenoxy) is 1. The Bertz CT molecular complexity index is 661. The molecule has 0 unspecified atom stereocenters. The molecule has 4 nitrogen and oxygen atoms in total. The van der Waals surface area contributed by atoms with Crippen LogP contribution >= 0.6 is 0 Å². The second-order valence-corrected chi connectivity index (χ2v) is 4.51. The summed E-state index contributed by atoms with van der Waals surface area (Å²) in [7, 11) is -0.946. The van der Waals surface area contributed by atoms with E-state index in [4.69, 9.17) is 9.39 Å². The molecule has 0 atom stereocenters. The lowest BCUT2D eigenvalue weighted by Gasteiger charge is -2.08. The number of aromatic nitrogens is 1. The number of nitrogens with zero attached hydrogens (tertiary/aromatic N) is 1. The lowest BCUT2D eigenvalue weighted by Crippen LogP contribution is -2.27. The topological polar surface area (TPSA) is 51.6 Å². The number of hydrogen-bond acceptors (Lipinski definition) is 4. The first kappa shape index (κ1) is 13.9. The molecule has 21 heavy (non-hydrogen) atoms. The lowest BCUT2D eigenvalue weighted by molar-refractivity contribution is -0.137. The number of benzene rings is 1. The zero-order chi connectivity index (χ0) is 15.0. The van der Waals surface area contributed by atoms with Gasteiger partial charge in [0.25, 0.3) is 0 Å². The van der Waals surface area contributed by atoms with Gasteiger partial charge in [-0.3, -0.25) is 0 Å². The standard InChI is InChI=1S/C13H9BF3NO3/c15-13(16,17)9-1-4-12(18-6-9)21-10-2-3-11-8(5-10)7-20-14(11)19/h1-6,19H,7H2. The molecule has 0 spiro atoms. The van der Waals surface area contributed by atoms with Crippen LogP contribution in [0.25, 0.3) is 0 Å². The zero-order valence-corrected chi connectivity index (χ0v) is 10.6. The zero-order valence-electron chi connectivity index (χ0n) is 10.6. The van der Waals surface area contributed by atoms with E-state index in [1.165, 1.54) is 0 Å². The van der Waals surface area contributed by atoms with Crippen molar-refractivity contribution in [3.8, 4) is 11.6 Å². The number of halogens is 3. The SMILES string of the molecule is OB1OCc2cc(Oc3ccc(C(F)(F)F)cn3)ccc21. The predicted molar refractivity (Wildman–Crippen MR) is 68.2 cm³/mol. The van der Waals surface area contributed by atoms with E-state index in [9.17, 15) is 18.2 Å². The van der Waals surface area contributed by atoms with Gasteiger partial charge < -0.3 is 14.4 Å². The first-order valence-corrected chi connectivity index (χ1v) is 6.07. The van der Waals surface area contributed by atoms with Crippen molar-refractivity contribution in [2.45, 2.75) is 12.8 Å². The van der Waals surface area contributed by atoms with Gasteiger partial charge in [-0.1, -0.05) is 6.07 Å². The molecule has 108 valence electrons. The Morgan fingerprint density at radius 2 is 2.05 bits per heavy atom. The third-order valence-corrected chi connectivity index (χ3v) is 3.06. The van der Waals surface area contributed by atoms with E-state index in [1.54, 1.807) is 18.2 Å². The number of pyridine rings is 1. The highest BCUT2D eigenvalue weighted by atomic mass is 19.4. The Balaban J connectivity index is 1.78. The number of hydrogen-bond donors (Lipinski definition) is 1. The smallest absolute Gasteiger partial charge is 0.439 e. The van der Waals surface area contributed by atoms with Gasteiger partial charge in [0.1, 0.15) is 5.75 Å². The van der Waals surface area contributed by atoms with Gasteiger partial charge in [-0.15, -0.1) is 0 Å². The Hall–Kier alpha value is -2.06. The van der Waals surface area contributed by atoms with Crippen molar-refractivity contribution in [3.63, 3.8) is 0 Å². The summed E-state index contributed by atoms with van der Waals surface area (Å²) in [6.45, 7) is 0.258. The molecule has 8 heteroatoms. The summed E-state index contributed by atoms with van der Waals surface area (Å²) >= 11 is 0. The van der Waals surface area contributed by atoms with E-state index < -0.39 is 18.9 Å². The van der Waals surface area contributed by atoms with Gasteiger partial charge >= 0.3 is 13.3 Å². The monoisotopic (exact) mass is 295 g/mol. The van der Waals surface area contributed by atoms with Crippen LogP contribution in [-0.4, -0.2) is 17.1 Å². The van der Waals surface area contributed by atoms with Gasteiger partial charge in [0.2, 0.25) is 5.88 Å². The van der Waals surface area contributed by atoms with Crippen molar-refractivity contribution >= 4 is 12.6 Å². The first-order chi connectivity index (χ1) is 9.93. The molecular formula is C13H9BF3NO3. The number of rotatable bonds is 2. The minimum atomic E-state index is -4.42. The minimum Gasteiger partial charge on any atom is -0.439 e. The Morgan fingerprint density at radius 3 is 2.71 bits per heavy atom. The molecule has 0 bridgehead atoms. The lowest BCUT2D eigenvalue weighted by atomic mass is 9.80. The predicted octanol–water partition coefficient (Wildman–Crippen LogP) is 2.11. The van der Waals surface area contributed by atoms with Gasteiger partial charge in [-0.05, 0) is 29.2 Å². The van der Waals surface area contributed by atoms with Gasteiger partial charge in [0, 0.05) is 12.3 Å². The van der Waals surface area contributed by atoms with Crippen LogP contribution < -0.4 is 10.2 Å². The fraction of sp³-hybridized carbons (Fsp3) is 0.154. The van der Waals surface area contributed by atoms with Crippen molar-refractivity contribution in [3.05, 3.63) is 47.7 Å². The fourth-order valence-corrected chi connectivity index (χ4v) is 2.00. The molecule has 0 fully saturated rings. The molecule has 3 rings (SSSR count). The minimum absolute atomic E-state index is 0.0578. The molecule has 1 aliphatic heterocycles. The maximum absolute atomic E-state index is 12.4.